The van der Waals surface area contributed by atoms with Crippen LogP contribution in [0.4, 0.5) is 0 Å². The van der Waals surface area contributed by atoms with Crippen molar-refractivity contribution in [2.24, 2.45) is 5.92 Å². The molecule has 2 fully saturated rings. The third kappa shape index (κ3) is 3.35. The Balaban J connectivity index is 1.98. The Hall–Kier alpha value is -1.92. The normalized spacial score (nSPS) is 40.1. The van der Waals surface area contributed by atoms with Gasteiger partial charge in [0.05, 0.1) is 23.7 Å². The summed E-state index contributed by atoms with van der Waals surface area (Å²) in [5.41, 5.74) is 0.974. The summed E-state index contributed by atoms with van der Waals surface area (Å²) in [5, 5.41) is 10.4. The lowest BCUT2D eigenvalue weighted by Crippen LogP contribution is -2.37. The zero-order valence-corrected chi connectivity index (χ0v) is 15.7. The second kappa shape index (κ2) is 6.67. The van der Waals surface area contributed by atoms with Crippen molar-refractivity contribution in [3.8, 4) is 0 Å². The van der Waals surface area contributed by atoms with Gasteiger partial charge in [-0.3, -0.25) is 0 Å². The van der Waals surface area contributed by atoms with Gasteiger partial charge in [-0.05, 0) is 39.3 Å². The number of rotatable bonds is 2. The van der Waals surface area contributed by atoms with Gasteiger partial charge in [0, 0.05) is 24.0 Å². The molecule has 2 saturated heterocycles. The van der Waals surface area contributed by atoms with E-state index in [1.54, 1.807) is 32.9 Å². The van der Waals surface area contributed by atoms with Gasteiger partial charge in [-0.1, -0.05) is 12.7 Å². The summed E-state index contributed by atoms with van der Waals surface area (Å²) < 4.78 is 17.0. The molecule has 0 aromatic carbocycles. The molecule has 142 valence electrons. The van der Waals surface area contributed by atoms with Crippen LogP contribution in [0.25, 0.3) is 0 Å². The van der Waals surface area contributed by atoms with E-state index in [1.165, 1.54) is 0 Å². The topological polar surface area (TPSA) is 85.4 Å². The van der Waals surface area contributed by atoms with Gasteiger partial charge in [0.25, 0.3) is 0 Å². The van der Waals surface area contributed by atoms with E-state index < -0.39 is 41.8 Å². The lowest BCUT2D eigenvalue weighted by atomic mass is 9.82. The van der Waals surface area contributed by atoms with E-state index >= 15 is 0 Å². The number of fused-ring (bicyclic) bond motifs is 2. The number of hydrogen-bond acceptors (Lipinski definition) is 6. The van der Waals surface area contributed by atoms with Crippen LogP contribution >= 0.6 is 0 Å². The summed E-state index contributed by atoms with van der Waals surface area (Å²) in [6.07, 6.45) is 2.29. The van der Waals surface area contributed by atoms with Gasteiger partial charge >= 0.3 is 11.9 Å². The molecule has 3 rings (SSSR count). The van der Waals surface area contributed by atoms with E-state index in [1.807, 2.05) is 6.92 Å². The molecule has 2 heterocycles. The van der Waals surface area contributed by atoms with Gasteiger partial charge in [-0.15, -0.1) is 0 Å². The standard InChI is InChI=1S/C20H26O6/c1-6-10(2)18(22)25-15-9-20(5)16(26-20)8-13(21)11(3)7-14-17(15)12(4)19(23)24-14/h6-7,13-17,21H,4,8-9H2,1-3,5H3/t13-,14+,15+,16-,17+,20+/m1/s1. The molecule has 0 aromatic heterocycles. The van der Waals surface area contributed by atoms with E-state index in [9.17, 15) is 14.7 Å². The minimum absolute atomic E-state index is 0.118. The number of aliphatic hydroxyl groups excluding tert-OH is 1. The molecule has 1 aliphatic carbocycles. The van der Waals surface area contributed by atoms with Gasteiger partial charge in [0.15, 0.2) is 0 Å². The maximum atomic E-state index is 12.4. The van der Waals surface area contributed by atoms with Crippen LogP contribution < -0.4 is 0 Å². The zero-order valence-electron chi connectivity index (χ0n) is 15.7. The van der Waals surface area contributed by atoms with Crippen molar-refractivity contribution in [1.82, 2.24) is 0 Å². The Kier molecular flexibility index (Phi) is 4.84. The van der Waals surface area contributed by atoms with Crippen LogP contribution in [0.1, 0.15) is 40.5 Å². The summed E-state index contributed by atoms with van der Waals surface area (Å²) in [6, 6.07) is 0. The highest BCUT2D eigenvalue weighted by atomic mass is 16.6. The summed E-state index contributed by atoms with van der Waals surface area (Å²) in [7, 11) is 0. The SMILES string of the molecule is C=C1C(=O)O[C@H]2C=C(C)[C@H](O)C[C@H]3O[C@@]3(C)C[C@H](OC(=O)C(C)=CC)[C@@H]12. The molecular weight excluding hydrogens is 336 g/mol. The third-order valence-electron chi connectivity index (χ3n) is 5.71. The van der Waals surface area contributed by atoms with Crippen LogP contribution in [0.15, 0.2) is 35.5 Å². The van der Waals surface area contributed by atoms with Crippen molar-refractivity contribution in [2.45, 2.75) is 70.6 Å². The minimum Gasteiger partial charge on any atom is -0.458 e. The Morgan fingerprint density at radius 2 is 2.19 bits per heavy atom. The van der Waals surface area contributed by atoms with Crippen molar-refractivity contribution in [3.05, 3.63) is 35.5 Å². The number of ether oxygens (including phenoxy) is 3. The van der Waals surface area contributed by atoms with E-state index in [2.05, 4.69) is 6.58 Å². The highest BCUT2D eigenvalue weighted by molar-refractivity contribution is 5.92. The lowest BCUT2D eigenvalue weighted by molar-refractivity contribution is -0.148. The number of epoxide rings is 1. The first kappa shape index (κ1) is 18.9. The number of hydrogen-bond donors (Lipinski definition) is 1. The number of allylic oxidation sites excluding steroid dienone is 1. The van der Waals surface area contributed by atoms with Crippen molar-refractivity contribution in [1.29, 1.82) is 0 Å². The van der Waals surface area contributed by atoms with Crippen molar-refractivity contribution < 1.29 is 28.9 Å². The molecule has 0 spiro atoms. The average Bonchev–Trinajstić information content (AvgIpc) is 3.11. The molecule has 26 heavy (non-hydrogen) atoms. The van der Waals surface area contributed by atoms with E-state index in [4.69, 9.17) is 14.2 Å². The van der Waals surface area contributed by atoms with E-state index in [0.29, 0.717) is 24.0 Å². The molecule has 3 aliphatic rings. The van der Waals surface area contributed by atoms with Crippen LogP contribution in [-0.2, 0) is 23.8 Å². The summed E-state index contributed by atoms with van der Waals surface area (Å²) >= 11 is 0. The molecule has 0 saturated carbocycles. The fourth-order valence-corrected chi connectivity index (χ4v) is 3.70. The van der Waals surface area contributed by atoms with Crippen LogP contribution in [0.5, 0.6) is 0 Å². The van der Waals surface area contributed by atoms with Gasteiger partial charge in [0.2, 0.25) is 0 Å². The second-order valence-electron chi connectivity index (χ2n) is 7.62. The Labute approximate surface area is 153 Å². The van der Waals surface area contributed by atoms with Crippen LogP contribution in [0.3, 0.4) is 0 Å². The molecule has 1 N–H and O–H groups in total. The summed E-state index contributed by atoms with van der Waals surface area (Å²) in [4.78, 5) is 24.5. The van der Waals surface area contributed by atoms with Crippen LogP contribution in [0, 0.1) is 5.92 Å². The van der Waals surface area contributed by atoms with Gasteiger partial charge in [-0.25, -0.2) is 9.59 Å². The van der Waals surface area contributed by atoms with E-state index in [0.717, 1.165) is 0 Å². The monoisotopic (exact) mass is 362 g/mol. The predicted molar refractivity (Wildman–Crippen MR) is 94.1 cm³/mol. The number of aliphatic hydroxyl groups is 1. The molecule has 0 bridgehead atoms. The van der Waals surface area contributed by atoms with Crippen molar-refractivity contribution >= 4 is 11.9 Å². The highest BCUT2D eigenvalue weighted by Gasteiger charge is 2.57. The molecule has 2 aliphatic heterocycles. The predicted octanol–water partition coefficient (Wildman–Crippen LogP) is 2.22. The van der Waals surface area contributed by atoms with Gasteiger partial charge in [0.1, 0.15) is 12.2 Å². The average molecular weight is 362 g/mol. The Morgan fingerprint density at radius 3 is 2.85 bits per heavy atom. The largest absolute Gasteiger partial charge is 0.458 e. The van der Waals surface area contributed by atoms with Gasteiger partial charge < -0.3 is 19.3 Å². The first-order valence-electron chi connectivity index (χ1n) is 8.94. The lowest BCUT2D eigenvalue weighted by Gasteiger charge is -2.29. The first-order chi connectivity index (χ1) is 12.2. The summed E-state index contributed by atoms with van der Waals surface area (Å²) in [6.45, 7) is 11.0. The van der Waals surface area contributed by atoms with Crippen molar-refractivity contribution in [2.75, 3.05) is 0 Å². The summed E-state index contributed by atoms with van der Waals surface area (Å²) in [5.74, 6) is -1.43. The molecule has 6 heteroatoms. The first-order valence-corrected chi connectivity index (χ1v) is 8.94. The Morgan fingerprint density at radius 1 is 1.50 bits per heavy atom. The van der Waals surface area contributed by atoms with Crippen molar-refractivity contribution in [3.63, 3.8) is 0 Å². The number of esters is 2. The molecule has 0 radical (unpaired) electrons. The fourth-order valence-electron chi connectivity index (χ4n) is 3.70. The minimum atomic E-state index is -0.667. The highest BCUT2D eigenvalue weighted by Crippen LogP contribution is 2.47. The van der Waals surface area contributed by atoms with E-state index in [-0.39, 0.29) is 11.7 Å². The van der Waals surface area contributed by atoms with Crippen LogP contribution in [0.2, 0.25) is 0 Å². The van der Waals surface area contributed by atoms with Crippen LogP contribution in [-0.4, -0.2) is 47.1 Å². The molecule has 6 atom stereocenters. The van der Waals surface area contributed by atoms with Gasteiger partial charge in [-0.2, -0.15) is 0 Å². The molecule has 0 aromatic rings. The zero-order chi connectivity index (χ0) is 19.2. The Bertz CT molecular complexity index is 705. The number of carbonyl (C=O) groups excluding carboxylic acids is 2. The second-order valence-corrected chi connectivity index (χ2v) is 7.62. The third-order valence-corrected chi connectivity index (χ3v) is 5.71. The fraction of sp³-hybridized carbons (Fsp3) is 0.600. The number of carbonyl (C=O) groups is 2. The maximum Gasteiger partial charge on any atom is 0.334 e. The molecular formula is C20H26O6. The maximum absolute atomic E-state index is 12.4. The quantitative estimate of drug-likeness (QED) is 0.351. The molecule has 6 nitrogen and oxygen atoms in total. The molecule has 0 amide bonds. The smallest absolute Gasteiger partial charge is 0.334 e. The molecule has 0 unspecified atom stereocenters.